The van der Waals surface area contributed by atoms with E-state index in [-0.39, 0.29) is 18.4 Å². The van der Waals surface area contributed by atoms with Crippen molar-refractivity contribution in [1.29, 1.82) is 0 Å². The number of aromatic nitrogens is 1. The summed E-state index contributed by atoms with van der Waals surface area (Å²) in [7, 11) is 0. The minimum absolute atomic E-state index is 0.118. The van der Waals surface area contributed by atoms with Gasteiger partial charge in [0.1, 0.15) is 0 Å². The molecule has 0 aliphatic rings. The third-order valence-corrected chi connectivity index (χ3v) is 2.38. The highest BCUT2D eigenvalue weighted by Gasteiger charge is 2.07. The third kappa shape index (κ3) is 5.83. The average Bonchev–Trinajstić information content (AvgIpc) is 2.35. The Morgan fingerprint density at radius 3 is 2.89 bits per heavy atom. The first-order valence-corrected chi connectivity index (χ1v) is 5.74. The molecule has 0 spiro atoms. The number of pyridine rings is 1. The van der Waals surface area contributed by atoms with Crippen LogP contribution in [0.5, 0.6) is 0 Å². The number of nitrogens with zero attached hydrogens (tertiary/aromatic N) is 1. The van der Waals surface area contributed by atoms with Crippen LogP contribution in [-0.2, 0) is 4.79 Å². The molecule has 0 saturated carbocycles. The highest BCUT2D eigenvalue weighted by molar-refractivity contribution is 5.88. The highest BCUT2D eigenvalue weighted by Crippen LogP contribution is 2.05. The second-order valence-electron chi connectivity index (χ2n) is 4.11. The van der Waals surface area contributed by atoms with Crippen LogP contribution < -0.4 is 10.6 Å². The number of hydrogen-bond donors (Lipinski definition) is 3. The number of anilines is 1. The van der Waals surface area contributed by atoms with Crippen molar-refractivity contribution in [2.24, 2.45) is 5.92 Å². The van der Waals surface area contributed by atoms with Crippen molar-refractivity contribution in [3.05, 3.63) is 24.5 Å². The number of rotatable bonds is 6. The van der Waals surface area contributed by atoms with Crippen LogP contribution in [0.25, 0.3) is 0 Å². The Morgan fingerprint density at radius 1 is 1.50 bits per heavy atom. The molecule has 1 atom stereocenters. The number of carboxylic acid groups (broad SMARTS) is 1. The van der Waals surface area contributed by atoms with Gasteiger partial charge >= 0.3 is 12.0 Å². The monoisotopic (exact) mass is 251 g/mol. The number of urea groups is 1. The normalized spacial score (nSPS) is 11.6. The average molecular weight is 251 g/mol. The molecule has 1 rings (SSSR count). The fraction of sp³-hybridized carbons (Fsp3) is 0.417. The summed E-state index contributed by atoms with van der Waals surface area (Å²) in [5.74, 6) is -0.692. The van der Waals surface area contributed by atoms with Crippen molar-refractivity contribution >= 4 is 17.7 Å². The molecular formula is C12H17N3O3. The summed E-state index contributed by atoms with van der Waals surface area (Å²) in [5, 5.41) is 13.8. The van der Waals surface area contributed by atoms with Crippen LogP contribution in [0.1, 0.15) is 19.8 Å². The Hall–Kier alpha value is -2.11. The van der Waals surface area contributed by atoms with E-state index < -0.39 is 5.97 Å². The van der Waals surface area contributed by atoms with Gasteiger partial charge in [-0.15, -0.1) is 0 Å². The smallest absolute Gasteiger partial charge is 0.319 e. The lowest BCUT2D eigenvalue weighted by Gasteiger charge is -2.12. The van der Waals surface area contributed by atoms with E-state index in [9.17, 15) is 9.59 Å². The topological polar surface area (TPSA) is 91.3 Å². The molecule has 0 bridgehead atoms. The first-order chi connectivity index (χ1) is 8.58. The Kier molecular flexibility index (Phi) is 5.63. The molecular weight excluding hydrogens is 234 g/mol. The summed E-state index contributed by atoms with van der Waals surface area (Å²) in [6, 6.07) is 3.15. The first kappa shape index (κ1) is 14.0. The molecule has 1 heterocycles. The second-order valence-corrected chi connectivity index (χ2v) is 4.11. The highest BCUT2D eigenvalue weighted by atomic mass is 16.4. The van der Waals surface area contributed by atoms with E-state index in [1.165, 1.54) is 0 Å². The summed E-state index contributed by atoms with van der Waals surface area (Å²) < 4.78 is 0. The second kappa shape index (κ2) is 7.26. The molecule has 98 valence electrons. The van der Waals surface area contributed by atoms with Crippen LogP contribution >= 0.6 is 0 Å². The van der Waals surface area contributed by atoms with Gasteiger partial charge in [0.15, 0.2) is 0 Å². The number of nitrogens with one attached hydrogen (secondary N) is 2. The molecule has 6 heteroatoms. The van der Waals surface area contributed by atoms with E-state index in [1.807, 2.05) is 6.92 Å². The van der Waals surface area contributed by atoms with Crippen molar-refractivity contribution in [3.8, 4) is 0 Å². The zero-order valence-electron chi connectivity index (χ0n) is 10.2. The number of carboxylic acids is 1. The van der Waals surface area contributed by atoms with Crippen LogP contribution in [0.4, 0.5) is 10.5 Å². The fourth-order valence-corrected chi connectivity index (χ4v) is 1.35. The van der Waals surface area contributed by atoms with E-state index in [2.05, 4.69) is 15.6 Å². The molecule has 1 aromatic rings. The maximum Gasteiger partial charge on any atom is 0.319 e. The van der Waals surface area contributed by atoms with Gasteiger partial charge < -0.3 is 15.7 Å². The molecule has 2 amide bonds. The Morgan fingerprint density at radius 2 is 2.28 bits per heavy atom. The van der Waals surface area contributed by atoms with Crippen molar-refractivity contribution < 1.29 is 14.7 Å². The number of carbonyl (C=O) groups excluding carboxylic acids is 1. The number of amides is 2. The van der Waals surface area contributed by atoms with E-state index in [4.69, 9.17) is 5.11 Å². The van der Waals surface area contributed by atoms with E-state index in [0.717, 1.165) is 0 Å². The summed E-state index contributed by atoms with van der Waals surface area (Å²) in [5.41, 5.74) is 0.619. The third-order valence-electron chi connectivity index (χ3n) is 2.38. The summed E-state index contributed by atoms with van der Waals surface area (Å²) in [4.78, 5) is 25.7. The molecule has 1 aromatic heterocycles. The summed E-state index contributed by atoms with van der Waals surface area (Å²) in [6.45, 7) is 2.34. The lowest BCUT2D eigenvalue weighted by molar-refractivity contribution is -0.137. The van der Waals surface area contributed by atoms with Crippen molar-refractivity contribution in [2.45, 2.75) is 19.8 Å². The van der Waals surface area contributed by atoms with Gasteiger partial charge in [0.2, 0.25) is 0 Å². The molecule has 0 aromatic carbocycles. The van der Waals surface area contributed by atoms with E-state index in [0.29, 0.717) is 18.7 Å². The maximum atomic E-state index is 11.5. The van der Waals surface area contributed by atoms with Crippen LogP contribution in [0.3, 0.4) is 0 Å². The number of carbonyl (C=O) groups is 2. The molecule has 1 unspecified atom stereocenters. The minimum Gasteiger partial charge on any atom is -0.481 e. The molecule has 18 heavy (non-hydrogen) atoms. The van der Waals surface area contributed by atoms with Crippen LogP contribution in [0.2, 0.25) is 0 Å². The molecule has 0 saturated heterocycles. The lowest BCUT2D eigenvalue weighted by Crippen LogP contribution is -2.32. The van der Waals surface area contributed by atoms with Crippen LogP contribution in [-0.4, -0.2) is 28.6 Å². The lowest BCUT2D eigenvalue weighted by atomic mass is 10.1. The predicted molar refractivity (Wildman–Crippen MR) is 67.3 cm³/mol. The molecule has 0 radical (unpaired) electrons. The summed E-state index contributed by atoms with van der Waals surface area (Å²) >= 11 is 0. The van der Waals surface area contributed by atoms with Crippen molar-refractivity contribution in [2.75, 3.05) is 11.9 Å². The van der Waals surface area contributed by atoms with Gasteiger partial charge in [-0.05, 0) is 24.5 Å². The molecule has 3 N–H and O–H groups in total. The van der Waals surface area contributed by atoms with Gasteiger partial charge in [-0.2, -0.15) is 0 Å². The Labute approximate surface area is 105 Å². The molecule has 0 aliphatic carbocycles. The molecule has 0 fully saturated rings. The van der Waals surface area contributed by atoms with Gasteiger partial charge in [-0.1, -0.05) is 6.92 Å². The fourth-order valence-electron chi connectivity index (χ4n) is 1.35. The van der Waals surface area contributed by atoms with Gasteiger partial charge in [-0.3, -0.25) is 9.78 Å². The largest absolute Gasteiger partial charge is 0.481 e. The van der Waals surface area contributed by atoms with Gasteiger partial charge in [0, 0.05) is 19.2 Å². The Balaban J connectivity index is 2.23. The number of hydrogen-bond acceptors (Lipinski definition) is 3. The maximum absolute atomic E-state index is 11.5. The molecule has 0 aliphatic heterocycles. The van der Waals surface area contributed by atoms with Crippen molar-refractivity contribution in [3.63, 3.8) is 0 Å². The van der Waals surface area contributed by atoms with Gasteiger partial charge in [-0.25, -0.2) is 4.79 Å². The zero-order chi connectivity index (χ0) is 13.4. The zero-order valence-corrected chi connectivity index (χ0v) is 10.2. The predicted octanol–water partition coefficient (Wildman–Crippen LogP) is 1.70. The minimum atomic E-state index is -0.818. The van der Waals surface area contributed by atoms with Crippen LogP contribution in [0, 0.1) is 5.92 Å². The summed E-state index contributed by atoms with van der Waals surface area (Å²) in [6.07, 6.45) is 3.83. The van der Waals surface area contributed by atoms with Crippen molar-refractivity contribution in [1.82, 2.24) is 10.3 Å². The molecule has 6 nitrogen and oxygen atoms in total. The first-order valence-electron chi connectivity index (χ1n) is 5.74. The standard InChI is InChI=1S/C12H17N3O3/c1-9(4-5-11(16)17)7-14-12(18)15-10-3-2-6-13-8-10/h2-3,6,8-9H,4-5,7H2,1H3,(H,16,17)(H2,14,15,18). The van der Waals surface area contributed by atoms with Gasteiger partial charge in [0.05, 0.1) is 11.9 Å². The number of aliphatic carboxylic acids is 1. The SMILES string of the molecule is CC(CCC(=O)O)CNC(=O)Nc1cccnc1. The van der Waals surface area contributed by atoms with E-state index in [1.54, 1.807) is 24.5 Å². The quantitative estimate of drug-likeness (QED) is 0.717. The Bertz CT molecular complexity index is 395. The van der Waals surface area contributed by atoms with E-state index >= 15 is 0 Å². The van der Waals surface area contributed by atoms with Crippen LogP contribution in [0.15, 0.2) is 24.5 Å². The van der Waals surface area contributed by atoms with Gasteiger partial charge in [0.25, 0.3) is 0 Å².